The molecule has 2 rings (SSSR count). The molecule has 0 saturated heterocycles. The Bertz CT molecular complexity index is 686. The molecule has 0 unspecified atom stereocenters. The van der Waals surface area contributed by atoms with E-state index < -0.39 is 10.0 Å². The average molecular weight is 299 g/mol. The number of nitrogens with zero attached hydrogens (tertiary/aromatic N) is 1. The van der Waals surface area contributed by atoms with Gasteiger partial charge in [-0.1, -0.05) is 18.2 Å². The van der Waals surface area contributed by atoms with Crippen molar-refractivity contribution in [3.8, 4) is 0 Å². The summed E-state index contributed by atoms with van der Waals surface area (Å²) in [6.07, 6.45) is 0.429. The van der Waals surface area contributed by atoms with E-state index in [4.69, 9.17) is 11.6 Å². The van der Waals surface area contributed by atoms with Crippen molar-refractivity contribution in [1.29, 1.82) is 0 Å². The third kappa shape index (κ3) is 3.58. The first-order chi connectivity index (χ1) is 9.02. The molecule has 19 heavy (non-hydrogen) atoms. The lowest BCUT2D eigenvalue weighted by molar-refractivity contribution is 0.600. The Morgan fingerprint density at radius 1 is 1.32 bits per heavy atom. The maximum atomic E-state index is 11.9. The molecule has 0 spiro atoms. The van der Waals surface area contributed by atoms with Crippen molar-refractivity contribution >= 4 is 38.2 Å². The molecule has 6 heteroatoms. The Hall–Kier alpha value is -1.33. The summed E-state index contributed by atoms with van der Waals surface area (Å²) in [7, 11) is -3.37. The van der Waals surface area contributed by atoms with Gasteiger partial charge in [-0.2, -0.15) is 0 Å². The number of halogens is 1. The quantitative estimate of drug-likeness (QED) is 0.864. The highest BCUT2D eigenvalue weighted by Gasteiger charge is 2.12. The van der Waals surface area contributed by atoms with E-state index in [-0.39, 0.29) is 5.75 Å². The van der Waals surface area contributed by atoms with Gasteiger partial charge in [0.15, 0.2) is 0 Å². The standard InChI is InChI=1S/C13H15ClN2O2S/c1-10-9-13(16-19(17,18)8-4-7-14)11-5-2-3-6-12(11)15-10/h2-3,5-6,9H,4,7-8H2,1H3,(H,15,16). The molecule has 0 fully saturated rings. The zero-order chi connectivity index (χ0) is 13.9. The Balaban J connectivity index is 2.40. The van der Waals surface area contributed by atoms with Crippen LogP contribution in [0.3, 0.4) is 0 Å². The number of alkyl halides is 1. The second-order valence-electron chi connectivity index (χ2n) is 4.29. The van der Waals surface area contributed by atoms with Gasteiger partial charge in [0, 0.05) is 17.0 Å². The Morgan fingerprint density at radius 3 is 2.79 bits per heavy atom. The number of rotatable bonds is 5. The first-order valence-electron chi connectivity index (χ1n) is 5.95. The zero-order valence-electron chi connectivity index (χ0n) is 10.6. The van der Waals surface area contributed by atoms with E-state index in [9.17, 15) is 8.42 Å². The fraction of sp³-hybridized carbons (Fsp3) is 0.308. The van der Waals surface area contributed by atoms with Gasteiger partial charge in [0.1, 0.15) is 0 Å². The number of sulfonamides is 1. The fourth-order valence-electron chi connectivity index (χ4n) is 1.86. The molecule has 0 radical (unpaired) electrons. The molecule has 0 atom stereocenters. The molecule has 1 N–H and O–H groups in total. The molecule has 0 saturated carbocycles. The molecule has 1 heterocycles. The number of hydrogen-bond donors (Lipinski definition) is 1. The van der Waals surface area contributed by atoms with E-state index in [0.717, 1.165) is 16.6 Å². The second kappa shape index (κ2) is 5.75. The summed E-state index contributed by atoms with van der Waals surface area (Å²) in [4.78, 5) is 4.37. The van der Waals surface area contributed by atoms with Crippen molar-refractivity contribution in [2.75, 3.05) is 16.4 Å². The lowest BCUT2D eigenvalue weighted by Crippen LogP contribution is -2.17. The van der Waals surface area contributed by atoms with E-state index >= 15 is 0 Å². The van der Waals surface area contributed by atoms with E-state index in [1.165, 1.54) is 0 Å². The van der Waals surface area contributed by atoms with Crippen LogP contribution in [-0.4, -0.2) is 25.0 Å². The molecule has 1 aromatic heterocycles. The highest BCUT2D eigenvalue weighted by molar-refractivity contribution is 7.92. The number of anilines is 1. The summed E-state index contributed by atoms with van der Waals surface area (Å²) in [5.41, 5.74) is 2.11. The van der Waals surface area contributed by atoms with Crippen LogP contribution in [0, 0.1) is 6.92 Å². The number of nitrogens with one attached hydrogen (secondary N) is 1. The van der Waals surface area contributed by atoms with Crippen LogP contribution in [0.2, 0.25) is 0 Å². The third-order valence-corrected chi connectivity index (χ3v) is 4.28. The Labute approximate surface area is 117 Å². The second-order valence-corrected chi connectivity index (χ2v) is 6.51. The normalized spacial score (nSPS) is 11.7. The SMILES string of the molecule is Cc1cc(NS(=O)(=O)CCCCl)c2ccccc2n1. The van der Waals surface area contributed by atoms with Crippen LogP contribution in [0.25, 0.3) is 10.9 Å². The minimum atomic E-state index is -3.37. The molecule has 0 aliphatic heterocycles. The number of pyridine rings is 1. The number of aromatic nitrogens is 1. The largest absolute Gasteiger partial charge is 0.283 e. The van der Waals surface area contributed by atoms with Gasteiger partial charge in [-0.3, -0.25) is 9.71 Å². The molecule has 102 valence electrons. The van der Waals surface area contributed by atoms with Crippen LogP contribution in [0.4, 0.5) is 5.69 Å². The maximum absolute atomic E-state index is 11.9. The zero-order valence-corrected chi connectivity index (χ0v) is 12.1. The fourth-order valence-corrected chi connectivity index (χ4v) is 3.28. The molecule has 1 aromatic carbocycles. The monoisotopic (exact) mass is 298 g/mol. The average Bonchev–Trinajstić information content (AvgIpc) is 2.36. The summed E-state index contributed by atoms with van der Waals surface area (Å²) in [6.45, 7) is 1.84. The lowest BCUT2D eigenvalue weighted by atomic mass is 10.2. The molecular formula is C13H15ClN2O2S. The van der Waals surface area contributed by atoms with Crippen molar-refractivity contribution < 1.29 is 8.42 Å². The van der Waals surface area contributed by atoms with Crippen LogP contribution < -0.4 is 4.72 Å². The highest BCUT2D eigenvalue weighted by Crippen LogP contribution is 2.23. The van der Waals surface area contributed by atoms with Gasteiger partial charge in [0.25, 0.3) is 0 Å². The van der Waals surface area contributed by atoms with E-state index in [1.54, 1.807) is 6.07 Å². The molecule has 4 nitrogen and oxygen atoms in total. The van der Waals surface area contributed by atoms with Crippen molar-refractivity contribution in [3.63, 3.8) is 0 Å². The summed E-state index contributed by atoms with van der Waals surface area (Å²) in [5.74, 6) is 0.350. The topological polar surface area (TPSA) is 59.1 Å². The first-order valence-corrected chi connectivity index (χ1v) is 8.13. The predicted molar refractivity (Wildman–Crippen MR) is 79.2 cm³/mol. The maximum Gasteiger partial charge on any atom is 0.232 e. The van der Waals surface area contributed by atoms with Gasteiger partial charge < -0.3 is 0 Å². The van der Waals surface area contributed by atoms with E-state index in [0.29, 0.717) is 18.0 Å². The number of para-hydroxylation sites is 1. The van der Waals surface area contributed by atoms with Gasteiger partial charge in [-0.25, -0.2) is 8.42 Å². The predicted octanol–water partition coefficient (Wildman–Crippen LogP) is 2.91. The summed E-state index contributed by atoms with van der Waals surface area (Å²) in [6, 6.07) is 9.18. The number of hydrogen-bond acceptors (Lipinski definition) is 3. The minimum Gasteiger partial charge on any atom is -0.283 e. The van der Waals surface area contributed by atoms with Gasteiger partial charge >= 0.3 is 0 Å². The van der Waals surface area contributed by atoms with Crippen molar-refractivity contribution in [2.24, 2.45) is 0 Å². The van der Waals surface area contributed by atoms with Crippen LogP contribution in [0.5, 0.6) is 0 Å². The van der Waals surface area contributed by atoms with Crippen molar-refractivity contribution in [2.45, 2.75) is 13.3 Å². The van der Waals surface area contributed by atoms with Crippen LogP contribution in [-0.2, 0) is 10.0 Å². The molecular weight excluding hydrogens is 284 g/mol. The van der Waals surface area contributed by atoms with Crippen LogP contribution in [0.15, 0.2) is 30.3 Å². The van der Waals surface area contributed by atoms with Gasteiger partial charge in [-0.05, 0) is 25.5 Å². The van der Waals surface area contributed by atoms with E-state index in [1.807, 2.05) is 31.2 Å². The van der Waals surface area contributed by atoms with Crippen molar-refractivity contribution in [1.82, 2.24) is 4.98 Å². The lowest BCUT2D eigenvalue weighted by Gasteiger charge is -2.11. The van der Waals surface area contributed by atoms with Gasteiger partial charge in [0.05, 0.1) is 17.0 Å². The summed E-state index contributed by atoms with van der Waals surface area (Å²) in [5, 5.41) is 0.794. The molecule has 0 bridgehead atoms. The summed E-state index contributed by atoms with van der Waals surface area (Å²) >= 11 is 5.53. The van der Waals surface area contributed by atoms with Crippen LogP contribution in [0.1, 0.15) is 12.1 Å². The molecule has 0 aliphatic rings. The Kier molecular flexibility index (Phi) is 4.27. The van der Waals surface area contributed by atoms with Gasteiger partial charge in [0.2, 0.25) is 10.0 Å². The highest BCUT2D eigenvalue weighted by atomic mass is 35.5. The minimum absolute atomic E-state index is 0.0200. The number of aryl methyl sites for hydroxylation is 1. The smallest absolute Gasteiger partial charge is 0.232 e. The molecule has 0 aliphatic carbocycles. The van der Waals surface area contributed by atoms with Crippen molar-refractivity contribution in [3.05, 3.63) is 36.0 Å². The molecule has 2 aromatic rings. The Morgan fingerprint density at radius 2 is 2.05 bits per heavy atom. The summed E-state index contributed by atoms with van der Waals surface area (Å²) < 4.78 is 26.5. The van der Waals surface area contributed by atoms with Gasteiger partial charge in [-0.15, -0.1) is 11.6 Å². The molecule has 0 amide bonds. The third-order valence-electron chi connectivity index (χ3n) is 2.66. The van der Waals surface area contributed by atoms with E-state index in [2.05, 4.69) is 9.71 Å². The first kappa shape index (κ1) is 14.1. The number of benzene rings is 1. The van der Waals surface area contributed by atoms with Crippen LogP contribution >= 0.6 is 11.6 Å². The number of fused-ring (bicyclic) bond motifs is 1.